The molecule has 3 N–H and O–H groups in total. The van der Waals surface area contributed by atoms with Gasteiger partial charge in [-0.1, -0.05) is 12.1 Å². The Bertz CT molecular complexity index is 416. The van der Waals surface area contributed by atoms with E-state index in [1.54, 1.807) is 6.92 Å². The molecule has 1 unspecified atom stereocenters. The quantitative estimate of drug-likeness (QED) is 0.808. The summed E-state index contributed by atoms with van der Waals surface area (Å²) in [6.45, 7) is 2.94. The van der Waals surface area contributed by atoms with Gasteiger partial charge in [0.1, 0.15) is 6.10 Å². The highest BCUT2D eigenvalue weighted by molar-refractivity contribution is 5.93. The van der Waals surface area contributed by atoms with E-state index in [1.165, 1.54) is 12.8 Å². The maximum Gasteiger partial charge on any atom is 0.253 e. The van der Waals surface area contributed by atoms with Crippen LogP contribution in [0.4, 0.5) is 5.69 Å². The van der Waals surface area contributed by atoms with Crippen LogP contribution in [0.1, 0.15) is 25.3 Å². The van der Waals surface area contributed by atoms with Gasteiger partial charge in [0.05, 0.1) is 6.61 Å². The molecule has 0 heterocycles. The van der Waals surface area contributed by atoms with Crippen LogP contribution in [0, 0.1) is 5.92 Å². The average Bonchev–Trinajstić information content (AvgIpc) is 3.20. The predicted octanol–water partition coefficient (Wildman–Crippen LogP) is 1.90. The standard InChI is InChI=1S/C14H20N2O2/c1-10(18-9-11-5-6-11)14(17)16-13-4-2-3-12(7-13)8-15/h2-4,7,10-11H,5-6,8-9,15H2,1H3,(H,16,17). The molecule has 1 saturated carbocycles. The summed E-state index contributed by atoms with van der Waals surface area (Å²) in [5, 5.41) is 2.84. The minimum Gasteiger partial charge on any atom is -0.368 e. The van der Waals surface area contributed by atoms with Crippen molar-refractivity contribution < 1.29 is 9.53 Å². The van der Waals surface area contributed by atoms with E-state index in [1.807, 2.05) is 24.3 Å². The second-order valence-electron chi connectivity index (χ2n) is 4.81. The van der Waals surface area contributed by atoms with E-state index in [0.29, 0.717) is 19.1 Å². The van der Waals surface area contributed by atoms with Gasteiger partial charge in [0, 0.05) is 12.2 Å². The topological polar surface area (TPSA) is 64.3 Å². The van der Waals surface area contributed by atoms with Crippen molar-refractivity contribution in [2.45, 2.75) is 32.4 Å². The number of hydrogen-bond acceptors (Lipinski definition) is 3. The lowest BCUT2D eigenvalue weighted by molar-refractivity contribution is -0.126. The first-order valence-corrected chi connectivity index (χ1v) is 6.40. The van der Waals surface area contributed by atoms with E-state index in [-0.39, 0.29) is 5.91 Å². The summed E-state index contributed by atoms with van der Waals surface area (Å²) in [6, 6.07) is 7.55. The van der Waals surface area contributed by atoms with E-state index in [0.717, 1.165) is 11.3 Å². The van der Waals surface area contributed by atoms with Crippen LogP contribution in [-0.2, 0) is 16.1 Å². The molecule has 1 aromatic rings. The molecule has 0 saturated heterocycles. The lowest BCUT2D eigenvalue weighted by Crippen LogP contribution is -2.28. The normalized spacial score (nSPS) is 16.3. The molecule has 2 rings (SSSR count). The van der Waals surface area contributed by atoms with Gasteiger partial charge >= 0.3 is 0 Å². The van der Waals surface area contributed by atoms with Crippen molar-refractivity contribution in [3.05, 3.63) is 29.8 Å². The summed E-state index contributed by atoms with van der Waals surface area (Å²) in [6.07, 6.45) is 2.05. The van der Waals surface area contributed by atoms with Crippen LogP contribution >= 0.6 is 0 Å². The lowest BCUT2D eigenvalue weighted by atomic mass is 10.2. The number of amides is 1. The Morgan fingerprint density at radius 3 is 3.00 bits per heavy atom. The fourth-order valence-electron chi connectivity index (χ4n) is 1.66. The molecule has 4 nitrogen and oxygen atoms in total. The monoisotopic (exact) mass is 248 g/mol. The van der Waals surface area contributed by atoms with Crippen LogP contribution in [-0.4, -0.2) is 18.6 Å². The molecule has 1 aliphatic carbocycles. The number of carbonyl (C=O) groups is 1. The zero-order valence-electron chi connectivity index (χ0n) is 10.7. The molecule has 18 heavy (non-hydrogen) atoms. The summed E-state index contributed by atoms with van der Waals surface area (Å²) in [7, 11) is 0. The van der Waals surface area contributed by atoms with E-state index in [4.69, 9.17) is 10.5 Å². The summed E-state index contributed by atoms with van der Waals surface area (Å²) in [5.74, 6) is 0.561. The van der Waals surface area contributed by atoms with Gasteiger partial charge in [-0.2, -0.15) is 0 Å². The maximum absolute atomic E-state index is 11.9. The van der Waals surface area contributed by atoms with Crippen LogP contribution in [0.15, 0.2) is 24.3 Å². The molecule has 0 spiro atoms. The van der Waals surface area contributed by atoms with Crippen molar-refractivity contribution >= 4 is 11.6 Å². The summed E-state index contributed by atoms with van der Waals surface area (Å²) >= 11 is 0. The average molecular weight is 248 g/mol. The fraction of sp³-hybridized carbons (Fsp3) is 0.500. The van der Waals surface area contributed by atoms with E-state index in [2.05, 4.69) is 5.32 Å². The van der Waals surface area contributed by atoms with Crippen LogP contribution < -0.4 is 11.1 Å². The van der Waals surface area contributed by atoms with E-state index >= 15 is 0 Å². The zero-order valence-corrected chi connectivity index (χ0v) is 10.7. The SMILES string of the molecule is CC(OCC1CC1)C(=O)Nc1cccc(CN)c1. The molecule has 0 bridgehead atoms. The molecule has 1 atom stereocenters. The molecule has 1 aromatic carbocycles. The van der Waals surface area contributed by atoms with Crippen LogP contribution in [0.25, 0.3) is 0 Å². The molecular weight excluding hydrogens is 228 g/mol. The zero-order chi connectivity index (χ0) is 13.0. The van der Waals surface area contributed by atoms with Gasteiger partial charge in [0.2, 0.25) is 0 Å². The predicted molar refractivity (Wildman–Crippen MR) is 71.1 cm³/mol. The van der Waals surface area contributed by atoms with Crippen molar-refractivity contribution in [2.75, 3.05) is 11.9 Å². The molecule has 1 amide bonds. The lowest BCUT2D eigenvalue weighted by Gasteiger charge is -2.13. The first kappa shape index (κ1) is 13.1. The van der Waals surface area contributed by atoms with Gasteiger partial charge in [-0.25, -0.2) is 0 Å². The third-order valence-electron chi connectivity index (χ3n) is 3.08. The number of ether oxygens (including phenoxy) is 1. The number of carbonyl (C=O) groups excluding carboxylic acids is 1. The molecule has 1 aliphatic rings. The summed E-state index contributed by atoms with van der Waals surface area (Å²) < 4.78 is 5.52. The van der Waals surface area contributed by atoms with Crippen LogP contribution in [0.5, 0.6) is 0 Å². The smallest absolute Gasteiger partial charge is 0.253 e. The summed E-state index contributed by atoms with van der Waals surface area (Å²) in [4.78, 5) is 11.9. The molecule has 98 valence electrons. The minimum absolute atomic E-state index is 0.107. The Labute approximate surface area is 108 Å². The largest absolute Gasteiger partial charge is 0.368 e. The summed E-state index contributed by atoms with van der Waals surface area (Å²) in [5.41, 5.74) is 7.33. The Morgan fingerprint density at radius 2 is 2.33 bits per heavy atom. The molecule has 0 radical (unpaired) electrons. The fourth-order valence-corrected chi connectivity index (χ4v) is 1.66. The number of nitrogens with two attached hydrogens (primary N) is 1. The number of benzene rings is 1. The van der Waals surface area contributed by atoms with Crippen LogP contribution in [0.3, 0.4) is 0 Å². The highest BCUT2D eigenvalue weighted by Crippen LogP contribution is 2.29. The van der Waals surface area contributed by atoms with Crippen LogP contribution in [0.2, 0.25) is 0 Å². The van der Waals surface area contributed by atoms with Crippen molar-refractivity contribution in [1.29, 1.82) is 0 Å². The van der Waals surface area contributed by atoms with Crippen molar-refractivity contribution in [2.24, 2.45) is 11.7 Å². The van der Waals surface area contributed by atoms with Gasteiger partial charge in [-0.15, -0.1) is 0 Å². The second kappa shape index (κ2) is 5.98. The maximum atomic E-state index is 11.9. The minimum atomic E-state index is -0.410. The van der Waals surface area contributed by atoms with Crippen molar-refractivity contribution in [3.8, 4) is 0 Å². The van der Waals surface area contributed by atoms with Crippen molar-refractivity contribution in [3.63, 3.8) is 0 Å². The highest BCUT2D eigenvalue weighted by Gasteiger charge is 2.24. The van der Waals surface area contributed by atoms with E-state index < -0.39 is 6.10 Å². The Balaban J connectivity index is 1.84. The number of hydrogen-bond donors (Lipinski definition) is 2. The van der Waals surface area contributed by atoms with Gasteiger partial charge < -0.3 is 15.8 Å². The number of rotatable bonds is 6. The molecular formula is C14H20N2O2. The van der Waals surface area contributed by atoms with Gasteiger partial charge in [-0.05, 0) is 43.4 Å². The third-order valence-corrected chi connectivity index (χ3v) is 3.08. The Hall–Kier alpha value is -1.39. The second-order valence-corrected chi connectivity index (χ2v) is 4.81. The Morgan fingerprint density at radius 1 is 1.56 bits per heavy atom. The highest BCUT2D eigenvalue weighted by atomic mass is 16.5. The van der Waals surface area contributed by atoms with Gasteiger partial charge in [0.15, 0.2) is 0 Å². The Kier molecular flexibility index (Phi) is 4.33. The molecule has 1 fully saturated rings. The van der Waals surface area contributed by atoms with E-state index in [9.17, 15) is 4.79 Å². The first-order valence-electron chi connectivity index (χ1n) is 6.40. The molecule has 4 heteroatoms. The van der Waals surface area contributed by atoms with Crippen molar-refractivity contribution in [1.82, 2.24) is 0 Å². The van der Waals surface area contributed by atoms with Gasteiger partial charge in [-0.3, -0.25) is 4.79 Å². The molecule has 0 aliphatic heterocycles. The number of nitrogens with one attached hydrogen (secondary N) is 1. The number of anilines is 1. The van der Waals surface area contributed by atoms with Gasteiger partial charge in [0.25, 0.3) is 5.91 Å². The first-order chi connectivity index (χ1) is 8.69. The molecule has 0 aromatic heterocycles. The third kappa shape index (κ3) is 3.82.